The van der Waals surface area contributed by atoms with Crippen LogP contribution < -0.4 is 0 Å². The highest BCUT2D eigenvalue weighted by molar-refractivity contribution is 5.81. The summed E-state index contributed by atoms with van der Waals surface area (Å²) in [6.07, 6.45) is 4.09. The number of benzene rings is 2. The lowest BCUT2D eigenvalue weighted by atomic mass is 10.1. The van der Waals surface area contributed by atoms with E-state index in [9.17, 15) is 4.79 Å². The monoisotopic (exact) mass is 331 g/mol. The Kier molecular flexibility index (Phi) is 4.10. The topological polar surface area (TPSA) is 38.1 Å². The summed E-state index contributed by atoms with van der Waals surface area (Å²) in [5.74, 6) is 0.473. The first-order valence-corrected chi connectivity index (χ1v) is 8.67. The Morgan fingerprint density at radius 1 is 1.08 bits per heavy atom. The number of para-hydroxylation sites is 1. The molecule has 1 aromatic heterocycles. The Morgan fingerprint density at radius 2 is 1.72 bits per heavy atom. The Labute approximate surface area is 147 Å². The van der Waals surface area contributed by atoms with Gasteiger partial charge in [0, 0.05) is 36.8 Å². The van der Waals surface area contributed by atoms with Crippen LogP contribution in [0.15, 0.2) is 66.9 Å². The average Bonchev–Trinajstić information content (AvgIpc) is 3.43. The first kappa shape index (κ1) is 15.6. The van der Waals surface area contributed by atoms with Gasteiger partial charge in [-0.05, 0) is 25.0 Å². The van der Waals surface area contributed by atoms with Crippen LogP contribution in [-0.4, -0.2) is 27.6 Å². The number of amides is 1. The molecule has 0 radical (unpaired) electrons. The number of carbonyl (C=O) groups excluding carboxylic acids is 1. The van der Waals surface area contributed by atoms with Crippen molar-refractivity contribution in [2.75, 3.05) is 7.05 Å². The highest BCUT2D eigenvalue weighted by Gasteiger charge is 2.32. The van der Waals surface area contributed by atoms with Crippen LogP contribution >= 0.6 is 0 Å². The number of carbonyl (C=O) groups is 1. The summed E-state index contributed by atoms with van der Waals surface area (Å²) in [5, 5.41) is 4.80. The maximum absolute atomic E-state index is 12.3. The number of hydrogen-bond donors (Lipinski definition) is 0. The molecule has 0 unspecified atom stereocenters. The molecule has 0 aliphatic heterocycles. The van der Waals surface area contributed by atoms with E-state index in [1.54, 1.807) is 0 Å². The number of hydrogen-bond acceptors (Lipinski definition) is 2. The van der Waals surface area contributed by atoms with Crippen LogP contribution in [0, 0.1) is 5.92 Å². The molecule has 1 saturated carbocycles. The fraction of sp³-hybridized carbons (Fsp3) is 0.238. The summed E-state index contributed by atoms with van der Waals surface area (Å²) < 4.78 is 1.90. The molecule has 1 heterocycles. The Balaban J connectivity index is 1.70. The Morgan fingerprint density at radius 3 is 2.36 bits per heavy atom. The third kappa shape index (κ3) is 3.33. The summed E-state index contributed by atoms with van der Waals surface area (Å²) in [5.41, 5.74) is 4.08. The van der Waals surface area contributed by atoms with Gasteiger partial charge < -0.3 is 4.90 Å². The summed E-state index contributed by atoms with van der Waals surface area (Å²) in [4.78, 5) is 14.2. The predicted molar refractivity (Wildman–Crippen MR) is 98.2 cm³/mol. The van der Waals surface area contributed by atoms with Crippen molar-refractivity contribution in [3.05, 3.63) is 72.4 Å². The van der Waals surface area contributed by atoms with Crippen molar-refractivity contribution in [3.8, 4) is 16.9 Å². The van der Waals surface area contributed by atoms with Gasteiger partial charge in [0.15, 0.2) is 0 Å². The standard InChI is InChI=1S/C21H21N3O/c1-23(21(25)17-12-13-17)14-18-15-24(19-10-6-3-7-11-19)22-20(18)16-8-4-2-5-9-16/h2-11,15,17H,12-14H2,1H3. The minimum absolute atomic E-state index is 0.231. The number of aromatic nitrogens is 2. The summed E-state index contributed by atoms with van der Waals surface area (Å²) in [7, 11) is 1.88. The lowest BCUT2D eigenvalue weighted by molar-refractivity contribution is -0.131. The lowest BCUT2D eigenvalue weighted by Gasteiger charge is -2.16. The van der Waals surface area contributed by atoms with Gasteiger partial charge >= 0.3 is 0 Å². The number of nitrogens with zero attached hydrogens (tertiary/aromatic N) is 3. The third-order valence-electron chi connectivity index (χ3n) is 4.57. The van der Waals surface area contributed by atoms with Crippen molar-refractivity contribution >= 4 is 5.91 Å². The van der Waals surface area contributed by atoms with Gasteiger partial charge in [0.2, 0.25) is 5.91 Å². The van der Waals surface area contributed by atoms with E-state index in [4.69, 9.17) is 5.10 Å². The van der Waals surface area contributed by atoms with Gasteiger partial charge in [-0.25, -0.2) is 4.68 Å². The highest BCUT2D eigenvalue weighted by atomic mass is 16.2. The second-order valence-corrected chi connectivity index (χ2v) is 6.62. The van der Waals surface area contributed by atoms with Crippen LogP contribution in [0.2, 0.25) is 0 Å². The van der Waals surface area contributed by atoms with Crippen LogP contribution in [0.4, 0.5) is 0 Å². The second-order valence-electron chi connectivity index (χ2n) is 6.62. The van der Waals surface area contributed by atoms with Gasteiger partial charge in [-0.3, -0.25) is 4.79 Å². The van der Waals surface area contributed by atoms with Crippen molar-refractivity contribution in [1.82, 2.24) is 14.7 Å². The minimum Gasteiger partial charge on any atom is -0.341 e. The Hall–Kier alpha value is -2.88. The maximum Gasteiger partial charge on any atom is 0.225 e. The number of rotatable bonds is 5. The zero-order chi connectivity index (χ0) is 17.2. The van der Waals surface area contributed by atoms with E-state index in [1.165, 1.54) is 0 Å². The van der Waals surface area contributed by atoms with E-state index in [0.717, 1.165) is 35.3 Å². The van der Waals surface area contributed by atoms with Gasteiger partial charge in [-0.2, -0.15) is 5.10 Å². The van der Waals surface area contributed by atoms with Crippen LogP contribution in [0.1, 0.15) is 18.4 Å². The molecule has 1 aliphatic carbocycles. The molecule has 25 heavy (non-hydrogen) atoms. The largest absolute Gasteiger partial charge is 0.341 e. The first-order valence-electron chi connectivity index (χ1n) is 8.67. The molecule has 3 aromatic rings. The molecule has 1 aliphatic rings. The summed E-state index contributed by atoms with van der Waals surface area (Å²) in [6, 6.07) is 20.2. The lowest BCUT2D eigenvalue weighted by Crippen LogP contribution is -2.27. The van der Waals surface area contributed by atoms with Crippen LogP contribution in [0.25, 0.3) is 16.9 Å². The zero-order valence-corrected chi connectivity index (χ0v) is 14.3. The molecule has 0 spiro atoms. The second kappa shape index (κ2) is 6.55. The molecule has 1 amide bonds. The quantitative estimate of drug-likeness (QED) is 0.711. The smallest absolute Gasteiger partial charge is 0.225 e. The zero-order valence-electron chi connectivity index (χ0n) is 14.3. The van der Waals surface area contributed by atoms with E-state index < -0.39 is 0 Å². The van der Waals surface area contributed by atoms with Gasteiger partial charge in [0.25, 0.3) is 0 Å². The minimum atomic E-state index is 0.231. The Bertz CT molecular complexity index is 867. The van der Waals surface area contributed by atoms with Crippen LogP contribution in [0.3, 0.4) is 0 Å². The van der Waals surface area contributed by atoms with E-state index in [1.807, 2.05) is 71.4 Å². The SMILES string of the molecule is CN(Cc1cn(-c2ccccc2)nc1-c1ccccc1)C(=O)C1CC1. The van der Waals surface area contributed by atoms with Gasteiger partial charge in [-0.1, -0.05) is 48.5 Å². The van der Waals surface area contributed by atoms with Crippen molar-refractivity contribution in [1.29, 1.82) is 0 Å². The van der Waals surface area contributed by atoms with Crippen molar-refractivity contribution < 1.29 is 4.79 Å². The average molecular weight is 331 g/mol. The molecule has 0 bridgehead atoms. The van der Waals surface area contributed by atoms with Gasteiger partial charge in [0.1, 0.15) is 0 Å². The molecule has 0 N–H and O–H groups in total. The normalized spacial score (nSPS) is 13.6. The molecule has 0 saturated heterocycles. The fourth-order valence-electron chi connectivity index (χ4n) is 3.05. The summed E-state index contributed by atoms with van der Waals surface area (Å²) in [6.45, 7) is 0.576. The molecule has 126 valence electrons. The van der Waals surface area contributed by atoms with E-state index in [0.29, 0.717) is 6.54 Å². The van der Waals surface area contributed by atoms with E-state index >= 15 is 0 Å². The molecular weight excluding hydrogens is 310 g/mol. The molecule has 2 aromatic carbocycles. The van der Waals surface area contributed by atoms with Crippen LogP contribution in [-0.2, 0) is 11.3 Å². The van der Waals surface area contributed by atoms with Crippen LogP contribution in [0.5, 0.6) is 0 Å². The predicted octanol–water partition coefficient (Wildman–Crippen LogP) is 3.91. The summed E-state index contributed by atoms with van der Waals surface area (Å²) >= 11 is 0. The van der Waals surface area contributed by atoms with Crippen molar-refractivity contribution in [3.63, 3.8) is 0 Å². The molecule has 1 fully saturated rings. The molecule has 4 nitrogen and oxygen atoms in total. The van der Waals surface area contributed by atoms with E-state index in [-0.39, 0.29) is 11.8 Å². The maximum atomic E-state index is 12.3. The van der Waals surface area contributed by atoms with Crippen molar-refractivity contribution in [2.45, 2.75) is 19.4 Å². The molecular formula is C21H21N3O. The molecule has 4 heteroatoms. The molecule has 4 rings (SSSR count). The third-order valence-corrected chi connectivity index (χ3v) is 4.57. The van der Waals surface area contributed by atoms with E-state index in [2.05, 4.69) is 12.1 Å². The van der Waals surface area contributed by atoms with Crippen molar-refractivity contribution in [2.24, 2.45) is 5.92 Å². The fourth-order valence-corrected chi connectivity index (χ4v) is 3.05. The first-order chi connectivity index (χ1) is 12.2. The van der Waals surface area contributed by atoms with Gasteiger partial charge in [-0.15, -0.1) is 0 Å². The highest BCUT2D eigenvalue weighted by Crippen LogP contribution is 2.32. The van der Waals surface area contributed by atoms with Gasteiger partial charge in [0.05, 0.1) is 11.4 Å². The molecule has 0 atom stereocenters.